The third kappa shape index (κ3) is 2.93. The van der Waals surface area contributed by atoms with Crippen LogP contribution in [0.1, 0.15) is 11.1 Å². The van der Waals surface area contributed by atoms with Gasteiger partial charge < -0.3 is 4.42 Å². The number of fused-ring (bicyclic) bond motifs is 1. The highest BCUT2D eigenvalue weighted by Gasteiger charge is 2.35. The normalized spacial score (nSPS) is 12.8. The van der Waals surface area contributed by atoms with Crippen molar-refractivity contribution in [2.24, 2.45) is 0 Å². The highest BCUT2D eigenvalue weighted by Crippen LogP contribution is 2.39. The van der Waals surface area contributed by atoms with Crippen molar-refractivity contribution in [1.82, 2.24) is 4.98 Å². The summed E-state index contributed by atoms with van der Waals surface area (Å²) >= 11 is 5.72. The van der Waals surface area contributed by atoms with E-state index in [1.165, 1.54) is 0 Å². The number of oxazole rings is 1. The van der Waals surface area contributed by atoms with Crippen LogP contribution in [0.5, 0.6) is 0 Å². The summed E-state index contributed by atoms with van der Waals surface area (Å²) < 4.78 is 81.3. The van der Waals surface area contributed by atoms with Gasteiger partial charge in [0, 0.05) is 5.56 Å². The molecule has 0 aliphatic heterocycles. The van der Waals surface area contributed by atoms with Crippen LogP contribution in [0.25, 0.3) is 22.6 Å². The Morgan fingerprint density at radius 3 is 2.00 bits per heavy atom. The van der Waals surface area contributed by atoms with E-state index in [1.807, 2.05) is 0 Å². The first-order valence-corrected chi connectivity index (χ1v) is 6.79. The summed E-state index contributed by atoms with van der Waals surface area (Å²) in [6.07, 6.45) is -9.15. The fraction of sp³-hybridized carbons (Fsp3) is 0.133. The quantitative estimate of drug-likeness (QED) is 0.481. The van der Waals surface area contributed by atoms with Crippen molar-refractivity contribution in [3.63, 3.8) is 0 Å². The predicted octanol–water partition coefficient (Wildman–Crippen LogP) is 6.19. The lowest BCUT2D eigenvalue weighted by atomic mass is 10.1. The minimum Gasteiger partial charge on any atom is -0.436 e. The summed E-state index contributed by atoms with van der Waals surface area (Å²) in [6, 6.07) is 5.70. The van der Waals surface area contributed by atoms with Crippen molar-refractivity contribution in [3.05, 3.63) is 52.5 Å². The van der Waals surface area contributed by atoms with E-state index < -0.39 is 28.5 Å². The summed E-state index contributed by atoms with van der Waals surface area (Å²) in [5.41, 5.74) is -1.95. The molecule has 0 bridgehead atoms. The van der Waals surface area contributed by atoms with Crippen LogP contribution < -0.4 is 0 Å². The fourth-order valence-electron chi connectivity index (χ4n) is 2.11. The van der Waals surface area contributed by atoms with Gasteiger partial charge in [-0.1, -0.05) is 11.6 Å². The van der Waals surface area contributed by atoms with Crippen LogP contribution in [0.3, 0.4) is 0 Å². The summed E-state index contributed by atoms with van der Waals surface area (Å²) in [7, 11) is 0. The van der Waals surface area contributed by atoms with Gasteiger partial charge in [0.15, 0.2) is 5.58 Å². The van der Waals surface area contributed by atoms with E-state index in [2.05, 4.69) is 4.98 Å². The zero-order valence-corrected chi connectivity index (χ0v) is 12.2. The Hall–Kier alpha value is -2.22. The molecule has 0 fully saturated rings. The highest BCUT2D eigenvalue weighted by molar-refractivity contribution is 6.35. The Bertz CT molecular complexity index is 895. The lowest BCUT2D eigenvalue weighted by Crippen LogP contribution is -2.05. The number of benzene rings is 2. The third-order valence-corrected chi connectivity index (χ3v) is 3.65. The second-order valence-corrected chi connectivity index (χ2v) is 5.24. The number of aromatic nitrogens is 1. The van der Waals surface area contributed by atoms with Gasteiger partial charge in [0.25, 0.3) is 0 Å². The van der Waals surface area contributed by atoms with Gasteiger partial charge in [-0.15, -0.1) is 0 Å². The standard InChI is InChI=1S/C15H6ClF6NO/c16-11-9(15(20,21)22)5-6-10-12(11)23-13(24-10)7-1-3-8(4-2-7)14(17,18)19/h1-6H. The first kappa shape index (κ1) is 16.6. The minimum atomic E-state index is -4.65. The summed E-state index contributed by atoms with van der Waals surface area (Å²) in [5.74, 6) is -0.125. The molecule has 3 aromatic rings. The van der Waals surface area contributed by atoms with E-state index in [9.17, 15) is 26.3 Å². The Balaban J connectivity index is 2.07. The number of hydrogen-bond acceptors (Lipinski definition) is 2. The Morgan fingerprint density at radius 2 is 1.46 bits per heavy atom. The Labute approximate surface area is 135 Å². The minimum absolute atomic E-state index is 0.00268. The van der Waals surface area contributed by atoms with E-state index in [0.717, 1.165) is 36.4 Å². The highest BCUT2D eigenvalue weighted by atomic mass is 35.5. The lowest BCUT2D eigenvalue weighted by Gasteiger charge is -2.07. The van der Waals surface area contributed by atoms with Crippen LogP contribution in [-0.4, -0.2) is 4.98 Å². The van der Waals surface area contributed by atoms with Gasteiger partial charge in [0.05, 0.1) is 16.1 Å². The third-order valence-electron chi connectivity index (χ3n) is 3.26. The van der Waals surface area contributed by atoms with E-state index in [0.29, 0.717) is 0 Å². The SMILES string of the molecule is FC(F)(F)c1ccc(-c2nc3c(Cl)c(C(F)(F)F)ccc3o2)cc1. The average molecular weight is 366 g/mol. The van der Waals surface area contributed by atoms with Crippen LogP contribution in [0.15, 0.2) is 40.8 Å². The van der Waals surface area contributed by atoms with Crippen molar-refractivity contribution in [1.29, 1.82) is 0 Å². The second kappa shape index (κ2) is 5.41. The van der Waals surface area contributed by atoms with Gasteiger partial charge >= 0.3 is 12.4 Å². The molecule has 0 saturated carbocycles. The molecule has 0 N–H and O–H groups in total. The molecule has 9 heteroatoms. The summed E-state index contributed by atoms with van der Waals surface area (Å²) in [5, 5.41) is -0.623. The molecule has 0 amide bonds. The number of alkyl halides is 6. The number of hydrogen-bond donors (Lipinski definition) is 0. The first-order chi connectivity index (χ1) is 11.1. The van der Waals surface area contributed by atoms with Crippen LogP contribution in [0.2, 0.25) is 5.02 Å². The van der Waals surface area contributed by atoms with E-state index in [4.69, 9.17) is 16.0 Å². The molecule has 1 aromatic heterocycles. The van der Waals surface area contributed by atoms with Crippen LogP contribution >= 0.6 is 11.6 Å². The molecule has 1 heterocycles. The maximum atomic E-state index is 12.8. The zero-order chi connectivity index (χ0) is 17.7. The smallest absolute Gasteiger partial charge is 0.417 e. The Kier molecular flexibility index (Phi) is 3.75. The van der Waals surface area contributed by atoms with E-state index in [-0.39, 0.29) is 22.6 Å². The van der Waals surface area contributed by atoms with Gasteiger partial charge in [-0.2, -0.15) is 26.3 Å². The van der Waals surface area contributed by atoms with Gasteiger partial charge in [-0.05, 0) is 36.4 Å². The number of rotatable bonds is 1. The molecule has 0 unspecified atom stereocenters. The van der Waals surface area contributed by atoms with Gasteiger partial charge in [0.2, 0.25) is 5.89 Å². The molecule has 24 heavy (non-hydrogen) atoms. The summed E-state index contributed by atoms with van der Waals surface area (Å²) in [6.45, 7) is 0. The van der Waals surface area contributed by atoms with Crippen molar-refractivity contribution >= 4 is 22.7 Å². The van der Waals surface area contributed by atoms with Crippen LogP contribution in [-0.2, 0) is 12.4 Å². The van der Waals surface area contributed by atoms with E-state index in [1.54, 1.807) is 0 Å². The zero-order valence-electron chi connectivity index (χ0n) is 11.5. The van der Waals surface area contributed by atoms with Crippen molar-refractivity contribution in [2.75, 3.05) is 0 Å². The topological polar surface area (TPSA) is 26.0 Å². The van der Waals surface area contributed by atoms with Gasteiger partial charge in [-0.3, -0.25) is 0 Å². The van der Waals surface area contributed by atoms with E-state index >= 15 is 0 Å². The number of halogens is 7. The summed E-state index contributed by atoms with van der Waals surface area (Å²) in [4.78, 5) is 3.87. The first-order valence-electron chi connectivity index (χ1n) is 6.41. The van der Waals surface area contributed by atoms with Crippen LogP contribution in [0.4, 0.5) is 26.3 Å². The maximum Gasteiger partial charge on any atom is 0.417 e. The molecule has 0 saturated heterocycles. The fourth-order valence-corrected chi connectivity index (χ4v) is 2.41. The van der Waals surface area contributed by atoms with Gasteiger partial charge in [0.1, 0.15) is 5.52 Å². The molecule has 126 valence electrons. The molecule has 0 radical (unpaired) electrons. The van der Waals surface area contributed by atoms with Gasteiger partial charge in [-0.25, -0.2) is 4.98 Å². The van der Waals surface area contributed by atoms with Crippen molar-refractivity contribution in [3.8, 4) is 11.5 Å². The lowest BCUT2D eigenvalue weighted by molar-refractivity contribution is -0.138. The molecular weight excluding hydrogens is 360 g/mol. The molecule has 0 aliphatic rings. The molecule has 0 spiro atoms. The van der Waals surface area contributed by atoms with Crippen molar-refractivity contribution < 1.29 is 30.8 Å². The number of nitrogens with zero attached hydrogens (tertiary/aromatic N) is 1. The largest absolute Gasteiger partial charge is 0.436 e. The second-order valence-electron chi connectivity index (χ2n) is 4.87. The predicted molar refractivity (Wildman–Crippen MR) is 74.5 cm³/mol. The monoisotopic (exact) mass is 365 g/mol. The molecule has 2 aromatic carbocycles. The average Bonchev–Trinajstić information content (AvgIpc) is 2.90. The molecule has 0 atom stereocenters. The van der Waals surface area contributed by atoms with Crippen LogP contribution in [0, 0.1) is 0 Å². The molecule has 3 rings (SSSR count). The maximum absolute atomic E-state index is 12.8. The molecule has 0 aliphatic carbocycles. The molecular formula is C15H6ClF6NO. The Morgan fingerprint density at radius 1 is 0.833 bits per heavy atom. The van der Waals surface area contributed by atoms with Crippen molar-refractivity contribution in [2.45, 2.75) is 12.4 Å². The molecule has 2 nitrogen and oxygen atoms in total.